The van der Waals surface area contributed by atoms with Gasteiger partial charge < -0.3 is 9.84 Å². The van der Waals surface area contributed by atoms with Crippen molar-refractivity contribution >= 4 is 34.8 Å². The summed E-state index contributed by atoms with van der Waals surface area (Å²) in [7, 11) is 0. The topological polar surface area (TPSA) is 63.6 Å². The van der Waals surface area contributed by atoms with E-state index in [1.165, 1.54) is 0 Å². The number of halogens is 2. The van der Waals surface area contributed by atoms with Crippen LogP contribution in [-0.2, 0) is 9.59 Å². The monoisotopic (exact) mass is 434 g/mol. The smallest absolute Gasteiger partial charge is 0.163 e. The summed E-state index contributed by atoms with van der Waals surface area (Å²) in [6.45, 7) is 7.92. The fraction of sp³-hybridized carbons (Fsp3) is 0.478. The lowest BCUT2D eigenvalue weighted by molar-refractivity contribution is -0.119. The molecule has 1 aromatic rings. The summed E-state index contributed by atoms with van der Waals surface area (Å²) in [5, 5.41) is 11.6. The summed E-state index contributed by atoms with van der Waals surface area (Å²) in [4.78, 5) is 26.4. The van der Waals surface area contributed by atoms with Gasteiger partial charge in [0, 0.05) is 52.4 Å². The number of hydrogen-bond acceptors (Lipinski definition) is 4. The fourth-order valence-corrected chi connectivity index (χ4v) is 5.40. The van der Waals surface area contributed by atoms with Crippen molar-refractivity contribution in [2.45, 2.75) is 59.3 Å². The minimum absolute atomic E-state index is 0.0274. The molecule has 0 spiro atoms. The van der Waals surface area contributed by atoms with Crippen LogP contribution >= 0.6 is 23.2 Å². The Morgan fingerprint density at radius 3 is 2.14 bits per heavy atom. The molecule has 1 unspecified atom stereocenters. The zero-order valence-electron chi connectivity index (χ0n) is 17.0. The van der Waals surface area contributed by atoms with Gasteiger partial charge in [-0.15, -0.1) is 0 Å². The second-order valence-electron chi connectivity index (χ2n) is 9.91. The summed E-state index contributed by atoms with van der Waals surface area (Å²) < 4.78 is 6.11. The Labute approximate surface area is 180 Å². The third-order valence-electron chi connectivity index (χ3n) is 5.93. The number of Topliss-reactive ketones (excluding diaryl/α,β-unsaturated/α-hetero) is 2. The minimum atomic E-state index is -0.731. The standard InChI is InChI=1S/C23H24Cl2O4/c1-22(2)7-13(26)19(14(27)8-22)21-18-12(25)5-11(24)6-16(18)29-17-10-23(3,4)9-15(28)20(17)21/h5-6,21,26H,7-10H2,1-4H3. The first-order chi connectivity index (χ1) is 13.4. The average Bonchev–Trinajstić information content (AvgIpc) is 2.49. The van der Waals surface area contributed by atoms with E-state index in [1.807, 2.05) is 27.7 Å². The number of fused-ring (bicyclic) bond motifs is 1. The molecule has 2 aliphatic carbocycles. The first-order valence-corrected chi connectivity index (χ1v) is 10.5. The third kappa shape index (κ3) is 3.51. The van der Waals surface area contributed by atoms with Crippen LogP contribution in [0.2, 0.25) is 10.0 Å². The summed E-state index contributed by atoms with van der Waals surface area (Å²) >= 11 is 12.7. The van der Waals surface area contributed by atoms with Gasteiger partial charge in [0.05, 0.1) is 5.92 Å². The van der Waals surface area contributed by atoms with E-state index in [-0.39, 0.29) is 33.7 Å². The maximum absolute atomic E-state index is 13.2. The lowest BCUT2D eigenvalue weighted by Crippen LogP contribution is -2.36. The van der Waals surface area contributed by atoms with E-state index in [0.717, 1.165) is 0 Å². The van der Waals surface area contributed by atoms with E-state index < -0.39 is 5.92 Å². The maximum Gasteiger partial charge on any atom is 0.163 e. The van der Waals surface area contributed by atoms with E-state index >= 15 is 0 Å². The Hall–Kier alpha value is -1.78. The molecule has 0 amide bonds. The molecule has 0 saturated heterocycles. The van der Waals surface area contributed by atoms with Crippen LogP contribution in [0.5, 0.6) is 5.75 Å². The van der Waals surface area contributed by atoms with Crippen LogP contribution in [-0.4, -0.2) is 16.7 Å². The molecular weight excluding hydrogens is 411 g/mol. The summed E-state index contributed by atoms with van der Waals surface area (Å²) in [5.74, 6) is 0.0444. The number of allylic oxidation sites excluding steroid dienone is 4. The predicted molar refractivity (Wildman–Crippen MR) is 113 cm³/mol. The number of hydrogen-bond donors (Lipinski definition) is 1. The molecule has 4 rings (SSSR count). The number of ether oxygens (including phenoxy) is 1. The van der Waals surface area contributed by atoms with E-state index in [4.69, 9.17) is 27.9 Å². The van der Waals surface area contributed by atoms with Crippen LogP contribution in [0.25, 0.3) is 0 Å². The number of carbonyl (C=O) groups is 2. The number of carbonyl (C=O) groups excluding carboxylic acids is 2. The minimum Gasteiger partial charge on any atom is -0.512 e. The highest BCUT2D eigenvalue weighted by molar-refractivity contribution is 6.35. The Morgan fingerprint density at radius 2 is 1.52 bits per heavy atom. The molecule has 1 N–H and O–H groups in total. The molecule has 1 aliphatic heterocycles. The van der Waals surface area contributed by atoms with Gasteiger partial charge in [0.1, 0.15) is 17.3 Å². The Morgan fingerprint density at radius 1 is 0.931 bits per heavy atom. The molecule has 6 heteroatoms. The van der Waals surface area contributed by atoms with Crippen LogP contribution in [0.3, 0.4) is 0 Å². The quantitative estimate of drug-likeness (QED) is 0.561. The van der Waals surface area contributed by atoms with Crippen molar-refractivity contribution in [1.82, 2.24) is 0 Å². The van der Waals surface area contributed by atoms with Gasteiger partial charge in [0.25, 0.3) is 0 Å². The summed E-state index contributed by atoms with van der Waals surface area (Å²) in [6, 6.07) is 3.23. The number of rotatable bonds is 1. The largest absolute Gasteiger partial charge is 0.512 e. The van der Waals surface area contributed by atoms with Gasteiger partial charge in [-0.05, 0) is 23.0 Å². The molecule has 4 nitrogen and oxygen atoms in total. The molecule has 1 atom stereocenters. The number of aliphatic hydroxyl groups is 1. The van der Waals surface area contributed by atoms with Crippen LogP contribution in [0.4, 0.5) is 0 Å². The molecule has 1 heterocycles. The highest BCUT2D eigenvalue weighted by Crippen LogP contribution is 2.54. The Bertz CT molecular complexity index is 1010. The number of ketones is 2. The normalized spacial score (nSPS) is 25.5. The van der Waals surface area contributed by atoms with E-state index in [0.29, 0.717) is 58.4 Å². The van der Waals surface area contributed by atoms with Gasteiger partial charge in [-0.2, -0.15) is 0 Å². The zero-order valence-corrected chi connectivity index (χ0v) is 18.5. The lowest BCUT2D eigenvalue weighted by Gasteiger charge is -2.40. The first kappa shape index (κ1) is 20.5. The first-order valence-electron chi connectivity index (χ1n) is 9.77. The molecule has 0 aromatic heterocycles. The van der Waals surface area contributed by atoms with Crippen molar-refractivity contribution in [1.29, 1.82) is 0 Å². The summed E-state index contributed by atoms with van der Waals surface area (Å²) in [5.41, 5.74) is 0.639. The second kappa shape index (κ2) is 6.61. The van der Waals surface area contributed by atoms with E-state index in [1.54, 1.807) is 12.1 Å². The third-order valence-corrected chi connectivity index (χ3v) is 6.46. The van der Waals surface area contributed by atoms with Gasteiger partial charge in [0.15, 0.2) is 11.6 Å². The molecule has 29 heavy (non-hydrogen) atoms. The molecule has 154 valence electrons. The van der Waals surface area contributed by atoms with Crippen molar-refractivity contribution in [2.24, 2.45) is 10.8 Å². The van der Waals surface area contributed by atoms with Gasteiger partial charge in [-0.25, -0.2) is 0 Å². The van der Waals surface area contributed by atoms with Crippen molar-refractivity contribution < 1.29 is 19.4 Å². The van der Waals surface area contributed by atoms with Crippen molar-refractivity contribution in [3.8, 4) is 5.75 Å². The van der Waals surface area contributed by atoms with Crippen LogP contribution in [0, 0.1) is 10.8 Å². The molecule has 3 aliphatic rings. The maximum atomic E-state index is 13.2. The van der Waals surface area contributed by atoms with Gasteiger partial charge in [-0.3, -0.25) is 9.59 Å². The Balaban J connectivity index is 1.99. The molecule has 0 radical (unpaired) electrons. The van der Waals surface area contributed by atoms with Gasteiger partial charge >= 0.3 is 0 Å². The van der Waals surface area contributed by atoms with Crippen LogP contribution in [0.15, 0.2) is 34.8 Å². The van der Waals surface area contributed by atoms with Crippen LogP contribution in [0.1, 0.15) is 64.9 Å². The van der Waals surface area contributed by atoms with Gasteiger partial charge in [-0.1, -0.05) is 50.9 Å². The molecule has 1 aromatic carbocycles. The molecular formula is C23H24Cl2O4. The fourth-order valence-electron chi connectivity index (χ4n) is 4.81. The number of benzene rings is 1. The predicted octanol–water partition coefficient (Wildman–Crippen LogP) is 6.31. The van der Waals surface area contributed by atoms with Crippen molar-refractivity contribution in [3.05, 3.63) is 50.4 Å². The van der Waals surface area contributed by atoms with Gasteiger partial charge in [0.2, 0.25) is 0 Å². The molecule has 0 saturated carbocycles. The van der Waals surface area contributed by atoms with Crippen molar-refractivity contribution in [3.63, 3.8) is 0 Å². The Kier molecular flexibility index (Phi) is 4.67. The van der Waals surface area contributed by atoms with Crippen molar-refractivity contribution in [2.75, 3.05) is 0 Å². The second-order valence-corrected chi connectivity index (χ2v) is 10.8. The SMILES string of the molecule is CC1(C)CC(=O)C(C2C3=C(CC(C)(C)CC3=O)Oc3cc(Cl)cc(Cl)c32)=C(O)C1. The zero-order chi connectivity index (χ0) is 21.3. The lowest BCUT2D eigenvalue weighted by atomic mass is 9.66. The highest BCUT2D eigenvalue weighted by atomic mass is 35.5. The van der Waals surface area contributed by atoms with E-state index in [9.17, 15) is 14.7 Å². The molecule has 0 fully saturated rings. The number of aliphatic hydroxyl groups excluding tert-OH is 1. The van der Waals surface area contributed by atoms with Crippen LogP contribution < -0.4 is 4.74 Å². The highest BCUT2D eigenvalue weighted by Gasteiger charge is 2.47. The van der Waals surface area contributed by atoms with E-state index in [2.05, 4.69) is 0 Å². The summed E-state index contributed by atoms with van der Waals surface area (Å²) in [6.07, 6.45) is 1.57. The average molecular weight is 435 g/mol. The molecule has 0 bridgehead atoms.